The zero-order chi connectivity index (χ0) is 17.8. The predicted octanol–water partition coefficient (Wildman–Crippen LogP) is 1.48. The molecule has 0 saturated carbocycles. The summed E-state index contributed by atoms with van der Waals surface area (Å²) in [6.45, 7) is 5.93. The van der Waals surface area contributed by atoms with Crippen molar-refractivity contribution in [3.63, 3.8) is 0 Å². The Morgan fingerprint density at radius 3 is 2.88 bits per heavy atom. The highest BCUT2D eigenvalue weighted by Gasteiger charge is 2.32. The highest BCUT2D eigenvalue weighted by Crippen LogP contribution is 2.23. The molecular formula is C19H25N3O3. The van der Waals surface area contributed by atoms with Crippen molar-refractivity contribution >= 4 is 17.5 Å². The molecule has 0 aromatic heterocycles. The van der Waals surface area contributed by atoms with Crippen molar-refractivity contribution in [2.24, 2.45) is 0 Å². The van der Waals surface area contributed by atoms with Gasteiger partial charge in [-0.2, -0.15) is 0 Å². The van der Waals surface area contributed by atoms with Crippen molar-refractivity contribution in [3.8, 4) is 0 Å². The highest BCUT2D eigenvalue weighted by atomic mass is 16.3. The number of hydrogen-bond donors (Lipinski definition) is 2. The molecule has 25 heavy (non-hydrogen) atoms. The van der Waals surface area contributed by atoms with Gasteiger partial charge in [0.25, 0.3) is 5.91 Å². The van der Waals surface area contributed by atoms with Gasteiger partial charge < -0.3 is 20.2 Å². The molecule has 2 aliphatic heterocycles. The molecule has 2 fully saturated rings. The Morgan fingerprint density at radius 1 is 1.32 bits per heavy atom. The van der Waals surface area contributed by atoms with Crippen LogP contribution in [0.15, 0.2) is 36.9 Å². The number of nitrogens with zero attached hydrogens (tertiary/aromatic N) is 2. The average Bonchev–Trinajstić information content (AvgIpc) is 2.95. The Hall–Kier alpha value is -2.34. The summed E-state index contributed by atoms with van der Waals surface area (Å²) < 4.78 is 0. The third-order valence-electron chi connectivity index (χ3n) is 4.82. The zero-order valence-corrected chi connectivity index (χ0v) is 14.4. The van der Waals surface area contributed by atoms with Crippen LogP contribution >= 0.6 is 0 Å². The Labute approximate surface area is 148 Å². The number of piperidine rings is 1. The summed E-state index contributed by atoms with van der Waals surface area (Å²) in [7, 11) is 0. The molecule has 6 heteroatoms. The standard InChI is InChI=1S/C19H25N3O3/c1-2-10-21-12-9-17(19(21)25)20-16-8-4-3-7-15(16)18(24)22-11-5-6-14(23)13-22/h2-4,7-8,14,17,20,23H,1,5-6,9-13H2/t14-,17-/m1/s1. The normalized spacial score (nSPS) is 23.6. The molecule has 2 atom stereocenters. The number of β-amino-alcohol motifs (C(OH)–C–C–N with tert-alkyl or cyclic N) is 1. The number of aliphatic hydroxyl groups is 1. The van der Waals surface area contributed by atoms with Gasteiger partial charge in [0.05, 0.1) is 11.7 Å². The SMILES string of the molecule is C=CCN1CC[C@@H](Nc2ccccc2C(=O)N2CCC[C@@H](O)C2)C1=O. The van der Waals surface area contributed by atoms with Crippen LogP contribution in [-0.4, -0.2) is 65.0 Å². The summed E-state index contributed by atoms with van der Waals surface area (Å²) in [4.78, 5) is 28.7. The third-order valence-corrected chi connectivity index (χ3v) is 4.82. The first-order valence-electron chi connectivity index (χ1n) is 8.82. The first-order chi connectivity index (χ1) is 12.1. The minimum atomic E-state index is -0.457. The molecule has 2 saturated heterocycles. The van der Waals surface area contributed by atoms with Gasteiger partial charge in [-0.3, -0.25) is 9.59 Å². The number of benzene rings is 1. The van der Waals surface area contributed by atoms with Gasteiger partial charge in [0.15, 0.2) is 0 Å². The van der Waals surface area contributed by atoms with E-state index in [0.29, 0.717) is 43.9 Å². The van der Waals surface area contributed by atoms with E-state index in [2.05, 4.69) is 11.9 Å². The van der Waals surface area contributed by atoms with Crippen LogP contribution in [0.25, 0.3) is 0 Å². The van der Waals surface area contributed by atoms with E-state index >= 15 is 0 Å². The summed E-state index contributed by atoms with van der Waals surface area (Å²) >= 11 is 0. The molecule has 2 heterocycles. The van der Waals surface area contributed by atoms with Crippen LogP contribution in [-0.2, 0) is 4.79 Å². The minimum absolute atomic E-state index is 0.0375. The monoisotopic (exact) mass is 343 g/mol. The Balaban J connectivity index is 1.74. The lowest BCUT2D eigenvalue weighted by atomic mass is 10.1. The number of likely N-dealkylation sites (tertiary alicyclic amines) is 2. The van der Waals surface area contributed by atoms with E-state index in [1.165, 1.54) is 0 Å². The second-order valence-corrected chi connectivity index (χ2v) is 6.65. The average molecular weight is 343 g/mol. The number of rotatable bonds is 5. The fourth-order valence-electron chi connectivity index (χ4n) is 3.50. The van der Waals surface area contributed by atoms with Crippen LogP contribution in [0.4, 0.5) is 5.69 Å². The number of aliphatic hydroxyl groups excluding tert-OH is 1. The van der Waals surface area contributed by atoms with Crippen LogP contribution < -0.4 is 5.32 Å². The van der Waals surface area contributed by atoms with Crippen LogP contribution in [0.1, 0.15) is 29.6 Å². The summed E-state index contributed by atoms with van der Waals surface area (Å²) in [6, 6.07) is 6.95. The van der Waals surface area contributed by atoms with Crippen molar-refractivity contribution in [2.75, 3.05) is 31.5 Å². The van der Waals surface area contributed by atoms with Gasteiger partial charge in [0, 0.05) is 31.9 Å². The van der Waals surface area contributed by atoms with Gasteiger partial charge in [-0.15, -0.1) is 6.58 Å². The Kier molecular flexibility index (Phi) is 5.38. The van der Waals surface area contributed by atoms with E-state index < -0.39 is 6.10 Å². The second-order valence-electron chi connectivity index (χ2n) is 6.65. The van der Waals surface area contributed by atoms with E-state index in [4.69, 9.17) is 0 Å². The van der Waals surface area contributed by atoms with Crippen molar-refractivity contribution in [2.45, 2.75) is 31.4 Å². The lowest BCUT2D eigenvalue weighted by Gasteiger charge is -2.31. The molecule has 134 valence electrons. The molecule has 0 unspecified atom stereocenters. The molecular weight excluding hydrogens is 318 g/mol. The van der Waals surface area contributed by atoms with E-state index in [9.17, 15) is 14.7 Å². The minimum Gasteiger partial charge on any atom is -0.391 e. The lowest BCUT2D eigenvalue weighted by molar-refractivity contribution is -0.127. The molecule has 0 bridgehead atoms. The van der Waals surface area contributed by atoms with Crippen LogP contribution in [0.3, 0.4) is 0 Å². The van der Waals surface area contributed by atoms with Gasteiger partial charge in [-0.1, -0.05) is 18.2 Å². The molecule has 1 aromatic carbocycles. The van der Waals surface area contributed by atoms with E-state index in [1.807, 2.05) is 18.2 Å². The quantitative estimate of drug-likeness (QED) is 0.795. The first kappa shape index (κ1) is 17.5. The maximum absolute atomic E-state index is 12.9. The summed E-state index contributed by atoms with van der Waals surface area (Å²) in [6.07, 6.45) is 3.51. The number of hydrogen-bond acceptors (Lipinski definition) is 4. The molecule has 2 amide bonds. The maximum Gasteiger partial charge on any atom is 0.256 e. The number of para-hydroxylation sites is 1. The van der Waals surface area contributed by atoms with Crippen LogP contribution in [0.2, 0.25) is 0 Å². The smallest absolute Gasteiger partial charge is 0.256 e. The number of carbonyl (C=O) groups excluding carboxylic acids is 2. The van der Waals surface area contributed by atoms with Crippen molar-refractivity contribution < 1.29 is 14.7 Å². The fourth-order valence-corrected chi connectivity index (χ4v) is 3.50. The van der Waals surface area contributed by atoms with Gasteiger partial charge in [-0.05, 0) is 31.4 Å². The summed E-state index contributed by atoms with van der Waals surface area (Å²) in [5.74, 6) is -0.0641. The van der Waals surface area contributed by atoms with Crippen molar-refractivity contribution in [3.05, 3.63) is 42.5 Å². The van der Waals surface area contributed by atoms with E-state index in [0.717, 1.165) is 12.8 Å². The molecule has 3 rings (SSSR count). The van der Waals surface area contributed by atoms with Crippen molar-refractivity contribution in [1.82, 2.24) is 9.80 Å². The molecule has 1 aromatic rings. The van der Waals surface area contributed by atoms with Crippen LogP contribution in [0.5, 0.6) is 0 Å². The maximum atomic E-state index is 12.9. The highest BCUT2D eigenvalue weighted by molar-refractivity contribution is 6.00. The van der Waals surface area contributed by atoms with Gasteiger partial charge >= 0.3 is 0 Å². The molecule has 2 N–H and O–H groups in total. The predicted molar refractivity (Wildman–Crippen MR) is 96.4 cm³/mol. The lowest BCUT2D eigenvalue weighted by Crippen LogP contribution is -2.42. The van der Waals surface area contributed by atoms with Gasteiger partial charge in [0.2, 0.25) is 5.91 Å². The van der Waals surface area contributed by atoms with E-state index in [1.54, 1.807) is 21.9 Å². The Morgan fingerprint density at radius 2 is 2.12 bits per heavy atom. The molecule has 6 nitrogen and oxygen atoms in total. The molecule has 2 aliphatic rings. The number of nitrogens with one attached hydrogen (secondary N) is 1. The van der Waals surface area contributed by atoms with Gasteiger partial charge in [-0.25, -0.2) is 0 Å². The van der Waals surface area contributed by atoms with Crippen LogP contribution in [0, 0.1) is 0 Å². The topological polar surface area (TPSA) is 72.9 Å². The third kappa shape index (κ3) is 3.85. The largest absolute Gasteiger partial charge is 0.391 e. The summed E-state index contributed by atoms with van der Waals surface area (Å²) in [5, 5.41) is 13.1. The van der Waals surface area contributed by atoms with Gasteiger partial charge in [0.1, 0.15) is 6.04 Å². The number of carbonyl (C=O) groups is 2. The number of amides is 2. The Bertz CT molecular complexity index is 661. The van der Waals surface area contributed by atoms with E-state index in [-0.39, 0.29) is 17.9 Å². The molecule has 0 aliphatic carbocycles. The van der Waals surface area contributed by atoms with Crippen molar-refractivity contribution in [1.29, 1.82) is 0 Å². The first-order valence-corrected chi connectivity index (χ1v) is 8.82. The fraction of sp³-hybridized carbons (Fsp3) is 0.474. The summed E-state index contributed by atoms with van der Waals surface area (Å²) in [5.41, 5.74) is 1.22. The second kappa shape index (κ2) is 7.70. The number of anilines is 1. The zero-order valence-electron chi connectivity index (χ0n) is 14.4. The molecule has 0 spiro atoms. The molecule has 0 radical (unpaired) electrons.